The van der Waals surface area contributed by atoms with E-state index in [1.54, 1.807) is 0 Å². The van der Waals surface area contributed by atoms with Crippen LogP contribution in [-0.4, -0.2) is 12.6 Å². The van der Waals surface area contributed by atoms with Crippen LogP contribution < -0.4 is 5.32 Å². The summed E-state index contributed by atoms with van der Waals surface area (Å²) in [5.41, 5.74) is 2.11. The number of ether oxygens (including phenoxy) is 1. The smallest absolute Gasteiger partial charge is 0.119 e. The fourth-order valence-corrected chi connectivity index (χ4v) is 1.87. The van der Waals surface area contributed by atoms with Crippen molar-refractivity contribution in [3.8, 4) is 0 Å². The Morgan fingerprint density at radius 1 is 1.53 bits per heavy atom. The van der Waals surface area contributed by atoms with Gasteiger partial charge in [0.1, 0.15) is 5.76 Å². The quantitative estimate of drug-likeness (QED) is 0.780. The molecular weight excluding hydrogens is 234 g/mol. The first-order valence-corrected chi connectivity index (χ1v) is 6.42. The fourth-order valence-electron chi connectivity index (χ4n) is 1.68. The summed E-state index contributed by atoms with van der Waals surface area (Å²) in [6, 6.07) is 6.59. The van der Waals surface area contributed by atoms with Crippen molar-refractivity contribution in [3.63, 3.8) is 0 Å². The molecule has 1 aliphatic rings. The van der Waals surface area contributed by atoms with E-state index in [2.05, 4.69) is 18.0 Å². The van der Waals surface area contributed by atoms with Crippen LogP contribution in [-0.2, 0) is 11.3 Å². The lowest BCUT2D eigenvalue weighted by molar-refractivity contribution is 0.299. The van der Waals surface area contributed by atoms with Gasteiger partial charge in [0.05, 0.1) is 6.61 Å². The second-order valence-electron chi connectivity index (χ2n) is 4.32. The van der Waals surface area contributed by atoms with Gasteiger partial charge in [-0.3, -0.25) is 0 Å². The number of hydrogen-bond donors (Lipinski definition) is 1. The number of benzene rings is 1. The van der Waals surface area contributed by atoms with Gasteiger partial charge in [-0.1, -0.05) is 18.2 Å². The Morgan fingerprint density at radius 3 is 2.94 bits per heavy atom. The molecule has 0 heterocycles. The monoisotopic (exact) mass is 251 g/mol. The van der Waals surface area contributed by atoms with Gasteiger partial charge in [-0.15, -0.1) is 0 Å². The number of halogens is 1. The maximum atomic E-state index is 6.17. The lowest BCUT2D eigenvalue weighted by Crippen LogP contribution is -2.15. The van der Waals surface area contributed by atoms with Gasteiger partial charge in [0.15, 0.2) is 0 Å². The molecular formula is C14H18ClNO. The largest absolute Gasteiger partial charge is 0.494 e. The average Bonchev–Trinajstić information content (AvgIpc) is 3.12. The first-order chi connectivity index (χ1) is 8.20. The summed E-state index contributed by atoms with van der Waals surface area (Å²) in [6.07, 6.45) is 2.56. The molecule has 92 valence electrons. The van der Waals surface area contributed by atoms with E-state index in [-0.39, 0.29) is 0 Å². The second-order valence-corrected chi connectivity index (χ2v) is 4.72. The zero-order valence-electron chi connectivity index (χ0n) is 10.1. The van der Waals surface area contributed by atoms with Crippen molar-refractivity contribution in [3.05, 3.63) is 40.9 Å². The van der Waals surface area contributed by atoms with Gasteiger partial charge in [-0.05, 0) is 43.5 Å². The van der Waals surface area contributed by atoms with Crippen molar-refractivity contribution in [2.75, 3.05) is 6.61 Å². The summed E-state index contributed by atoms with van der Waals surface area (Å²) < 4.78 is 5.40. The molecule has 0 saturated heterocycles. The third-order valence-electron chi connectivity index (χ3n) is 2.84. The standard InChI is InChI=1S/C14H18ClNO/c1-3-17-10(2)11-4-7-14(15)12(8-11)9-16-13-5-6-13/h4,7-8,13,16H,2-3,5-6,9H2,1H3. The molecule has 0 unspecified atom stereocenters. The summed E-state index contributed by atoms with van der Waals surface area (Å²) >= 11 is 6.17. The first-order valence-electron chi connectivity index (χ1n) is 6.04. The van der Waals surface area contributed by atoms with Crippen molar-refractivity contribution in [1.82, 2.24) is 5.32 Å². The van der Waals surface area contributed by atoms with Gasteiger partial charge in [0.25, 0.3) is 0 Å². The van der Waals surface area contributed by atoms with Crippen LogP contribution in [0.2, 0.25) is 5.02 Å². The molecule has 2 nitrogen and oxygen atoms in total. The van der Waals surface area contributed by atoms with E-state index in [9.17, 15) is 0 Å². The normalized spacial score (nSPS) is 14.7. The van der Waals surface area contributed by atoms with Crippen LogP contribution in [0.5, 0.6) is 0 Å². The van der Waals surface area contributed by atoms with E-state index in [0.717, 1.165) is 22.7 Å². The fraction of sp³-hybridized carbons (Fsp3) is 0.429. The molecule has 0 amide bonds. The molecule has 3 heteroatoms. The van der Waals surface area contributed by atoms with E-state index in [0.29, 0.717) is 18.4 Å². The highest BCUT2D eigenvalue weighted by Crippen LogP contribution is 2.24. The minimum Gasteiger partial charge on any atom is -0.494 e. The van der Waals surface area contributed by atoms with Crippen molar-refractivity contribution < 1.29 is 4.74 Å². The van der Waals surface area contributed by atoms with E-state index in [1.807, 2.05) is 19.1 Å². The summed E-state index contributed by atoms with van der Waals surface area (Å²) in [4.78, 5) is 0. The van der Waals surface area contributed by atoms with Gasteiger partial charge in [-0.25, -0.2) is 0 Å². The molecule has 0 radical (unpaired) electrons. The van der Waals surface area contributed by atoms with Crippen LogP contribution in [0.4, 0.5) is 0 Å². The molecule has 1 aromatic rings. The van der Waals surface area contributed by atoms with E-state index >= 15 is 0 Å². The highest BCUT2D eigenvalue weighted by molar-refractivity contribution is 6.31. The molecule has 0 aromatic heterocycles. The zero-order chi connectivity index (χ0) is 12.3. The van der Waals surface area contributed by atoms with E-state index in [4.69, 9.17) is 16.3 Å². The summed E-state index contributed by atoms with van der Waals surface area (Å²) in [5.74, 6) is 0.705. The van der Waals surface area contributed by atoms with Crippen LogP contribution in [0.25, 0.3) is 5.76 Å². The van der Waals surface area contributed by atoms with Crippen LogP contribution in [0, 0.1) is 0 Å². The summed E-state index contributed by atoms with van der Waals surface area (Å²) in [6.45, 7) is 7.31. The Bertz CT molecular complexity index is 413. The Morgan fingerprint density at radius 2 is 2.29 bits per heavy atom. The topological polar surface area (TPSA) is 21.3 Å². The van der Waals surface area contributed by atoms with Gasteiger partial charge >= 0.3 is 0 Å². The Hall–Kier alpha value is -0.990. The molecule has 0 spiro atoms. The van der Waals surface area contributed by atoms with Gasteiger partial charge in [-0.2, -0.15) is 0 Å². The van der Waals surface area contributed by atoms with Crippen molar-refractivity contribution in [1.29, 1.82) is 0 Å². The third kappa shape index (κ3) is 3.48. The predicted molar refractivity (Wildman–Crippen MR) is 72.0 cm³/mol. The Labute approximate surface area is 108 Å². The zero-order valence-corrected chi connectivity index (χ0v) is 10.9. The van der Waals surface area contributed by atoms with Crippen LogP contribution in [0.15, 0.2) is 24.8 Å². The van der Waals surface area contributed by atoms with Gasteiger partial charge in [0.2, 0.25) is 0 Å². The summed E-state index contributed by atoms with van der Waals surface area (Å²) in [5, 5.41) is 4.25. The number of rotatable bonds is 6. The Kier molecular flexibility index (Phi) is 4.08. The van der Waals surface area contributed by atoms with Crippen LogP contribution >= 0.6 is 11.6 Å². The second kappa shape index (κ2) is 5.56. The minimum absolute atomic E-state index is 0.636. The number of hydrogen-bond acceptors (Lipinski definition) is 2. The predicted octanol–water partition coefficient (Wildman–Crippen LogP) is 3.60. The molecule has 2 rings (SSSR count). The third-order valence-corrected chi connectivity index (χ3v) is 3.21. The first kappa shape index (κ1) is 12.5. The molecule has 0 atom stereocenters. The van der Waals surface area contributed by atoms with Crippen molar-refractivity contribution >= 4 is 17.4 Å². The minimum atomic E-state index is 0.636. The van der Waals surface area contributed by atoms with Crippen LogP contribution in [0.1, 0.15) is 30.9 Å². The average molecular weight is 252 g/mol. The van der Waals surface area contributed by atoms with Crippen LogP contribution in [0.3, 0.4) is 0 Å². The maximum absolute atomic E-state index is 6.17. The lowest BCUT2D eigenvalue weighted by Gasteiger charge is -2.11. The summed E-state index contributed by atoms with van der Waals surface area (Å²) in [7, 11) is 0. The van der Waals surface area contributed by atoms with E-state index in [1.165, 1.54) is 12.8 Å². The SMILES string of the molecule is C=C(OCC)c1ccc(Cl)c(CNC2CC2)c1. The highest BCUT2D eigenvalue weighted by Gasteiger charge is 2.20. The number of nitrogens with one attached hydrogen (secondary N) is 1. The maximum Gasteiger partial charge on any atom is 0.119 e. The van der Waals surface area contributed by atoms with Crippen molar-refractivity contribution in [2.45, 2.75) is 32.4 Å². The van der Waals surface area contributed by atoms with Crippen molar-refractivity contribution in [2.24, 2.45) is 0 Å². The van der Waals surface area contributed by atoms with E-state index < -0.39 is 0 Å². The highest BCUT2D eigenvalue weighted by atomic mass is 35.5. The molecule has 1 fully saturated rings. The molecule has 1 saturated carbocycles. The van der Waals surface area contributed by atoms with Gasteiger partial charge < -0.3 is 10.1 Å². The molecule has 0 aliphatic heterocycles. The molecule has 0 bridgehead atoms. The molecule has 1 N–H and O–H groups in total. The molecule has 1 aromatic carbocycles. The lowest BCUT2D eigenvalue weighted by atomic mass is 10.1. The molecule has 17 heavy (non-hydrogen) atoms. The van der Waals surface area contributed by atoms with Gasteiger partial charge in [0, 0.05) is 23.2 Å². The molecule has 1 aliphatic carbocycles. The Balaban J connectivity index is 2.07.